The van der Waals surface area contributed by atoms with Crippen molar-refractivity contribution in [3.05, 3.63) is 139 Å². The van der Waals surface area contributed by atoms with E-state index in [-0.39, 0.29) is 27.9 Å². The lowest BCUT2D eigenvalue weighted by atomic mass is 9.41. The molecule has 5 nitrogen and oxygen atoms in total. The maximum Gasteiger partial charge on any atom is 0.381 e. The number of hydrogen-bond donors (Lipinski definition) is 0. The van der Waals surface area contributed by atoms with E-state index in [0.29, 0.717) is 5.57 Å². The topological polar surface area (TPSA) is 36.8 Å². The highest BCUT2D eigenvalue weighted by molar-refractivity contribution is 7.26. The van der Waals surface area contributed by atoms with Crippen molar-refractivity contribution in [1.29, 1.82) is 5.26 Å². The van der Waals surface area contributed by atoms with E-state index in [1.54, 1.807) is 0 Å². The van der Waals surface area contributed by atoms with E-state index in [4.69, 9.17) is 0 Å². The molecule has 0 aliphatic carbocycles. The van der Waals surface area contributed by atoms with Crippen LogP contribution in [0.5, 0.6) is 0 Å². The first kappa shape index (κ1) is 22.5. The quantitative estimate of drug-likeness (QED) is 0.404. The van der Waals surface area contributed by atoms with Gasteiger partial charge in [-0.15, -0.1) is 11.3 Å². The Kier molecular flexibility index (Phi) is 5.07. The van der Waals surface area contributed by atoms with E-state index >= 15 is 0 Å². The standard InChI is InChI=1S/C29H21B4N5S/c34-21-23-12-16-32-35-17-5-3-14-30(35)37-19-13-24(20-33(37)36-18-6-4-15-31(36)38(32)22-23)25-9-7-10-27-26-8-1-2-11-28(26)39-29(25)27/h1-20,22H. The Bertz CT molecular complexity index is 1810. The molecule has 5 aliphatic heterocycles. The van der Waals surface area contributed by atoms with Gasteiger partial charge in [0.1, 0.15) is 6.07 Å². The van der Waals surface area contributed by atoms with Crippen molar-refractivity contribution in [1.82, 2.24) is 18.9 Å². The fourth-order valence-corrected chi connectivity index (χ4v) is 7.55. The minimum absolute atomic E-state index is 0.0172. The zero-order valence-corrected chi connectivity index (χ0v) is 21.9. The Morgan fingerprint density at radius 1 is 0.667 bits per heavy atom. The molecule has 0 radical (unpaired) electrons. The lowest BCUT2D eigenvalue weighted by Gasteiger charge is -2.53. The number of nitriles is 1. The largest absolute Gasteiger partial charge is 0.423 e. The summed E-state index contributed by atoms with van der Waals surface area (Å²) >= 11 is 1.87. The van der Waals surface area contributed by atoms with Crippen LogP contribution in [-0.4, -0.2) is 46.8 Å². The third kappa shape index (κ3) is 3.43. The number of allylic oxidation sites excluding steroid dienone is 8. The Morgan fingerprint density at radius 2 is 1.38 bits per heavy atom. The van der Waals surface area contributed by atoms with Gasteiger partial charge in [-0.25, -0.2) is 0 Å². The van der Waals surface area contributed by atoms with Gasteiger partial charge in [0.05, 0.1) is 5.57 Å². The SMILES string of the molecule is N#CC1=CN2B(C=C1)N1C=CC=CB1N1C=CC(c3cccc4c3sc3ccccc34)=CB1N1C=CC=CB12. The molecule has 8 rings (SSSR count). The monoisotopic (exact) mass is 515 g/mol. The summed E-state index contributed by atoms with van der Waals surface area (Å²) in [5, 5.41) is 12.3. The van der Waals surface area contributed by atoms with Crippen LogP contribution in [0.1, 0.15) is 5.56 Å². The van der Waals surface area contributed by atoms with E-state index in [2.05, 4.69) is 140 Å². The van der Waals surface area contributed by atoms with Crippen LogP contribution >= 0.6 is 11.3 Å². The van der Waals surface area contributed by atoms with Crippen molar-refractivity contribution in [2.24, 2.45) is 0 Å². The first-order chi connectivity index (χ1) is 19.3. The molecule has 0 saturated carbocycles. The van der Waals surface area contributed by atoms with Crippen molar-refractivity contribution in [2.75, 3.05) is 0 Å². The van der Waals surface area contributed by atoms with Crippen molar-refractivity contribution >= 4 is 65.0 Å². The highest BCUT2D eigenvalue weighted by Gasteiger charge is 2.50. The van der Waals surface area contributed by atoms with Gasteiger partial charge in [-0.2, -0.15) is 5.26 Å². The van der Waals surface area contributed by atoms with Crippen LogP contribution in [-0.2, 0) is 0 Å². The number of benzene rings is 2. The molecule has 0 unspecified atom stereocenters. The molecule has 1 fully saturated rings. The molecule has 0 N–H and O–H groups in total. The average Bonchev–Trinajstić information content (AvgIpc) is 3.39. The second kappa shape index (κ2) is 8.79. The third-order valence-corrected chi connectivity index (χ3v) is 9.30. The molecule has 6 heterocycles. The van der Waals surface area contributed by atoms with Gasteiger partial charge < -0.3 is 18.9 Å². The van der Waals surface area contributed by atoms with Gasteiger partial charge in [0, 0.05) is 20.2 Å². The number of nitrogens with zero attached hydrogens (tertiary/aromatic N) is 5. The maximum atomic E-state index is 9.72. The predicted octanol–water partition coefficient (Wildman–Crippen LogP) is 5.44. The average molecular weight is 515 g/mol. The van der Waals surface area contributed by atoms with Crippen molar-refractivity contribution in [2.45, 2.75) is 0 Å². The van der Waals surface area contributed by atoms with Crippen LogP contribution in [0.15, 0.2) is 133 Å². The first-order valence-electron chi connectivity index (χ1n) is 13.2. The van der Waals surface area contributed by atoms with Gasteiger partial charge in [-0.05, 0) is 60.2 Å². The number of rotatable bonds is 1. The molecule has 3 aromatic rings. The lowest BCUT2D eigenvalue weighted by molar-refractivity contribution is 0.621. The van der Waals surface area contributed by atoms with Gasteiger partial charge in [0.15, 0.2) is 0 Å². The van der Waals surface area contributed by atoms with E-state index in [1.165, 1.54) is 31.3 Å². The molecule has 2 aromatic carbocycles. The van der Waals surface area contributed by atoms with Crippen LogP contribution < -0.4 is 0 Å². The van der Waals surface area contributed by atoms with Crippen LogP contribution in [0.25, 0.3) is 25.7 Å². The molecule has 10 heteroatoms. The first-order valence-corrected chi connectivity index (χ1v) is 14.0. The normalized spacial score (nSPS) is 19.1. The molecule has 180 valence electrons. The minimum Gasteiger partial charge on any atom is -0.423 e. The highest BCUT2D eigenvalue weighted by atomic mass is 32.1. The van der Waals surface area contributed by atoms with Crippen molar-refractivity contribution < 1.29 is 0 Å². The minimum atomic E-state index is -0.0508. The molecule has 0 bridgehead atoms. The number of hydrogen-bond acceptors (Lipinski definition) is 6. The van der Waals surface area contributed by atoms with Gasteiger partial charge in [-0.1, -0.05) is 78.5 Å². The molecule has 1 aromatic heterocycles. The predicted molar refractivity (Wildman–Crippen MR) is 166 cm³/mol. The van der Waals surface area contributed by atoms with Crippen LogP contribution in [0.2, 0.25) is 0 Å². The number of thiophene rings is 1. The van der Waals surface area contributed by atoms with Gasteiger partial charge in [0.25, 0.3) is 0 Å². The fraction of sp³-hybridized carbons (Fsp3) is 0. The van der Waals surface area contributed by atoms with Crippen LogP contribution in [0.3, 0.4) is 0 Å². The fourth-order valence-electron chi connectivity index (χ4n) is 6.31. The molecule has 0 amide bonds. The Hall–Kier alpha value is -4.47. The zero-order chi connectivity index (χ0) is 25.9. The smallest absolute Gasteiger partial charge is 0.381 e. The highest BCUT2D eigenvalue weighted by Crippen LogP contribution is 2.40. The molecule has 5 aliphatic rings. The molecule has 1 saturated heterocycles. The van der Waals surface area contributed by atoms with Crippen molar-refractivity contribution in [3.8, 4) is 6.07 Å². The van der Waals surface area contributed by atoms with Gasteiger partial charge >= 0.3 is 27.9 Å². The van der Waals surface area contributed by atoms with E-state index < -0.39 is 0 Å². The molecular weight excluding hydrogens is 494 g/mol. The molecule has 0 atom stereocenters. The van der Waals surface area contributed by atoms with Gasteiger partial charge in [0.2, 0.25) is 0 Å². The summed E-state index contributed by atoms with van der Waals surface area (Å²) in [4.78, 5) is 0. The van der Waals surface area contributed by atoms with E-state index in [9.17, 15) is 5.26 Å². The van der Waals surface area contributed by atoms with Crippen molar-refractivity contribution in [3.63, 3.8) is 0 Å². The molecule has 0 spiro atoms. The summed E-state index contributed by atoms with van der Waals surface area (Å²) in [5.41, 5.74) is 3.15. The third-order valence-electron chi connectivity index (χ3n) is 8.08. The van der Waals surface area contributed by atoms with Gasteiger partial charge in [-0.3, -0.25) is 0 Å². The Morgan fingerprint density at radius 3 is 2.23 bits per heavy atom. The number of fused-ring (bicyclic) bond motifs is 11. The second-order valence-electron chi connectivity index (χ2n) is 10.2. The Balaban J connectivity index is 1.29. The second-order valence-corrected chi connectivity index (χ2v) is 11.2. The molecule has 39 heavy (non-hydrogen) atoms. The summed E-state index contributed by atoms with van der Waals surface area (Å²) < 4.78 is 12.1. The maximum absolute atomic E-state index is 9.72. The zero-order valence-electron chi connectivity index (χ0n) is 21.1. The summed E-state index contributed by atoms with van der Waals surface area (Å²) in [7, 11) is 0. The van der Waals surface area contributed by atoms with Crippen LogP contribution in [0.4, 0.5) is 0 Å². The summed E-state index contributed by atoms with van der Waals surface area (Å²) in [5.74, 6) is 9.01. The summed E-state index contributed by atoms with van der Waals surface area (Å²) in [6, 6.07) is 17.7. The Labute approximate surface area is 233 Å². The molecular formula is C29H21B4N5S. The van der Waals surface area contributed by atoms with E-state index in [0.717, 1.165) is 0 Å². The summed E-state index contributed by atoms with van der Waals surface area (Å²) in [6.07, 6.45) is 21.2. The summed E-state index contributed by atoms with van der Waals surface area (Å²) in [6.45, 7) is -0.0898. The lowest BCUT2D eigenvalue weighted by Crippen LogP contribution is -2.73. The van der Waals surface area contributed by atoms with Crippen LogP contribution in [0, 0.1) is 11.3 Å². The van der Waals surface area contributed by atoms with E-state index in [1.807, 2.05) is 23.6 Å².